The molecule has 1 fully saturated rings. The van der Waals surface area contributed by atoms with Gasteiger partial charge in [-0.25, -0.2) is 4.79 Å². The number of likely N-dealkylation sites (tertiary alicyclic amines) is 1. The molecule has 4 heteroatoms. The van der Waals surface area contributed by atoms with Crippen LogP contribution in [0, 0.1) is 5.92 Å². The first-order chi connectivity index (χ1) is 9.70. The first-order valence-electron chi connectivity index (χ1n) is 7.16. The molecule has 1 unspecified atom stereocenters. The van der Waals surface area contributed by atoms with Gasteiger partial charge in [0.1, 0.15) is 6.04 Å². The van der Waals surface area contributed by atoms with E-state index in [1.54, 1.807) is 4.90 Å². The molecule has 1 aromatic carbocycles. The van der Waals surface area contributed by atoms with Gasteiger partial charge in [-0.2, -0.15) is 0 Å². The highest BCUT2D eigenvalue weighted by molar-refractivity contribution is 5.87. The highest BCUT2D eigenvalue weighted by Gasteiger charge is 2.39. The Bertz CT molecular complexity index is 515. The van der Waals surface area contributed by atoms with Gasteiger partial charge in [0, 0.05) is 12.5 Å². The predicted molar refractivity (Wildman–Crippen MR) is 74.1 cm³/mol. The van der Waals surface area contributed by atoms with Crippen LogP contribution >= 0.6 is 0 Å². The van der Waals surface area contributed by atoms with Gasteiger partial charge >= 0.3 is 5.97 Å². The van der Waals surface area contributed by atoms with Crippen molar-refractivity contribution >= 4 is 11.9 Å². The number of amides is 1. The Morgan fingerprint density at radius 1 is 1.20 bits per heavy atom. The van der Waals surface area contributed by atoms with Crippen LogP contribution in [-0.4, -0.2) is 36.5 Å². The fourth-order valence-electron chi connectivity index (χ4n) is 3.38. The topological polar surface area (TPSA) is 46.6 Å². The number of ether oxygens (including phenoxy) is 1. The zero-order valence-electron chi connectivity index (χ0n) is 11.7. The number of carbonyl (C=O) groups is 2. The molecule has 3 rings (SSSR count). The van der Waals surface area contributed by atoms with E-state index in [4.69, 9.17) is 4.74 Å². The lowest BCUT2D eigenvalue weighted by Crippen LogP contribution is -2.44. The predicted octanol–water partition coefficient (Wildman–Crippen LogP) is 1.57. The lowest BCUT2D eigenvalue weighted by atomic mass is 10.0. The minimum absolute atomic E-state index is 0.0161. The second kappa shape index (κ2) is 5.27. The molecule has 0 bridgehead atoms. The van der Waals surface area contributed by atoms with Crippen molar-refractivity contribution < 1.29 is 14.3 Å². The van der Waals surface area contributed by atoms with Crippen LogP contribution in [0.4, 0.5) is 0 Å². The third kappa shape index (κ3) is 2.19. The van der Waals surface area contributed by atoms with Crippen LogP contribution in [0.25, 0.3) is 0 Å². The second-order valence-electron chi connectivity index (χ2n) is 5.59. The highest BCUT2D eigenvalue weighted by Crippen LogP contribution is 2.30. The Kier molecular flexibility index (Phi) is 3.47. The van der Waals surface area contributed by atoms with E-state index < -0.39 is 0 Å². The van der Waals surface area contributed by atoms with Crippen molar-refractivity contribution in [2.45, 2.75) is 31.7 Å². The lowest BCUT2D eigenvalue weighted by Gasteiger charge is -2.25. The second-order valence-corrected chi connectivity index (χ2v) is 5.59. The zero-order valence-corrected chi connectivity index (χ0v) is 11.7. The van der Waals surface area contributed by atoms with E-state index >= 15 is 0 Å². The summed E-state index contributed by atoms with van der Waals surface area (Å²) in [5.74, 6) is -0.196. The molecule has 0 saturated carbocycles. The fraction of sp³-hybridized carbons (Fsp3) is 0.500. The van der Waals surface area contributed by atoms with E-state index in [0.717, 1.165) is 25.7 Å². The van der Waals surface area contributed by atoms with Crippen LogP contribution in [0.2, 0.25) is 0 Å². The van der Waals surface area contributed by atoms with E-state index in [-0.39, 0.29) is 23.8 Å². The number of nitrogens with zero attached hydrogens (tertiary/aromatic N) is 1. The van der Waals surface area contributed by atoms with Crippen molar-refractivity contribution in [1.82, 2.24) is 4.90 Å². The lowest BCUT2D eigenvalue weighted by molar-refractivity contribution is -0.152. The maximum Gasteiger partial charge on any atom is 0.328 e. The van der Waals surface area contributed by atoms with E-state index in [9.17, 15) is 9.59 Å². The molecule has 1 saturated heterocycles. The fourth-order valence-corrected chi connectivity index (χ4v) is 3.38. The monoisotopic (exact) mass is 273 g/mol. The van der Waals surface area contributed by atoms with E-state index in [0.29, 0.717) is 6.54 Å². The largest absolute Gasteiger partial charge is 0.467 e. The number of esters is 1. The summed E-state index contributed by atoms with van der Waals surface area (Å²) in [7, 11) is 1.38. The molecule has 1 aliphatic heterocycles. The Morgan fingerprint density at radius 3 is 2.45 bits per heavy atom. The van der Waals surface area contributed by atoms with Crippen molar-refractivity contribution in [2.75, 3.05) is 13.7 Å². The van der Waals surface area contributed by atoms with Gasteiger partial charge < -0.3 is 9.64 Å². The molecule has 1 atom stereocenters. The van der Waals surface area contributed by atoms with Crippen LogP contribution in [0.15, 0.2) is 24.3 Å². The van der Waals surface area contributed by atoms with Crippen LogP contribution in [-0.2, 0) is 27.2 Å². The first-order valence-corrected chi connectivity index (χ1v) is 7.16. The SMILES string of the molecule is COC(=O)C1CCCN1C(=O)C1Cc2ccccc2C1. The molecule has 0 spiro atoms. The molecule has 1 aliphatic carbocycles. The van der Waals surface area contributed by atoms with Gasteiger partial charge in [-0.15, -0.1) is 0 Å². The van der Waals surface area contributed by atoms with Crippen LogP contribution < -0.4 is 0 Å². The quantitative estimate of drug-likeness (QED) is 0.768. The number of hydrogen-bond acceptors (Lipinski definition) is 3. The zero-order chi connectivity index (χ0) is 14.1. The van der Waals surface area contributed by atoms with E-state index in [2.05, 4.69) is 12.1 Å². The standard InChI is InChI=1S/C16H19NO3/c1-20-16(19)14-7-4-8-17(14)15(18)13-9-11-5-2-3-6-12(11)10-13/h2-3,5-6,13-14H,4,7-10H2,1H3. The summed E-state index contributed by atoms with van der Waals surface area (Å²) < 4.78 is 4.81. The summed E-state index contributed by atoms with van der Waals surface area (Å²) in [4.78, 5) is 26.1. The molecular formula is C16H19NO3. The minimum atomic E-state index is -0.379. The average molecular weight is 273 g/mol. The summed E-state index contributed by atoms with van der Waals surface area (Å²) in [6.45, 7) is 0.672. The van der Waals surface area contributed by atoms with Gasteiger partial charge in [-0.3, -0.25) is 4.79 Å². The first kappa shape index (κ1) is 13.2. The molecule has 2 aliphatic rings. The molecule has 1 amide bonds. The molecule has 20 heavy (non-hydrogen) atoms. The maximum atomic E-state index is 12.7. The Morgan fingerprint density at radius 2 is 1.85 bits per heavy atom. The Hall–Kier alpha value is -1.84. The van der Waals surface area contributed by atoms with Gasteiger partial charge in [0.15, 0.2) is 0 Å². The number of benzene rings is 1. The molecule has 0 radical (unpaired) electrons. The van der Waals surface area contributed by atoms with Crippen LogP contribution in [0.1, 0.15) is 24.0 Å². The molecule has 1 heterocycles. The van der Waals surface area contributed by atoms with Crippen molar-refractivity contribution in [3.8, 4) is 0 Å². The van der Waals surface area contributed by atoms with Gasteiger partial charge in [0.2, 0.25) is 5.91 Å². The average Bonchev–Trinajstić information content (AvgIpc) is 3.11. The van der Waals surface area contributed by atoms with E-state index in [1.807, 2.05) is 12.1 Å². The maximum absolute atomic E-state index is 12.7. The van der Waals surface area contributed by atoms with Crippen molar-refractivity contribution in [2.24, 2.45) is 5.92 Å². The summed E-state index contributed by atoms with van der Waals surface area (Å²) in [6.07, 6.45) is 3.18. The summed E-state index contributed by atoms with van der Waals surface area (Å²) in [5, 5.41) is 0. The van der Waals surface area contributed by atoms with E-state index in [1.165, 1.54) is 18.2 Å². The number of methoxy groups -OCH3 is 1. The Balaban J connectivity index is 1.73. The minimum Gasteiger partial charge on any atom is -0.467 e. The molecule has 4 nitrogen and oxygen atoms in total. The third-order valence-corrected chi connectivity index (χ3v) is 4.41. The van der Waals surface area contributed by atoms with Crippen molar-refractivity contribution in [3.05, 3.63) is 35.4 Å². The molecule has 0 N–H and O–H groups in total. The summed E-state index contributed by atoms with van der Waals surface area (Å²) in [6, 6.07) is 7.82. The van der Waals surface area contributed by atoms with Gasteiger partial charge in [-0.05, 0) is 36.8 Å². The number of rotatable bonds is 2. The van der Waals surface area contributed by atoms with Crippen LogP contribution in [0.5, 0.6) is 0 Å². The molecule has 1 aromatic rings. The van der Waals surface area contributed by atoms with Gasteiger partial charge in [0.25, 0.3) is 0 Å². The number of carbonyl (C=O) groups excluding carboxylic acids is 2. The number of hydrogen-bond donors (Lipinski definition) is 0. The normalized spacial score (nSPS) is 21.9. The molecular weight excluding hydrogens is 254 g/mol. The molecule has 0 aromatic heterocycles. The third-order valence-electron chi connectivity index (χ3n) is 4.41. The smallest absolute Gasteiger partial charge is 0.328 e. The van der Waals surface area contributed by atoms with Gasteiger partial charge in [-0.1, -0.05) is 24.3 Å². The van der Waals surface area contributed by atoms with Crippen molar-refractivity contribution in [3.63, 3.8) is 0 Å². The highest BCUT2D eigenvalue weighted by atomic mass is 16.5. The molecule has 106 valence electrons. The van der Waals surface area contributed by atoms with Crippen molar-refractivity contribution in [1.29, 1.82) is 0 Å². The van der Waals surface area contributed by atoms with Gasteiger partial charge in [0.05, 0.1) is 7.11 Å². The summed E-state index contributed by atoms with van der Waals surface area (Å²) >= 11 is 0. The Labute approximate surface area is 118 Å². The number of fused-ring (bicyclic) bond motifs is 1. The van der Waals surface area contributed by atoms with Crippen LogP contribution in [0.3, 0.4) is 0 Å². The summed E-state index contributed by atoms with van der Waals surface area (Å²) in [5.41, 5.74) is 2.53.